The van der Waals surface area contributed by atoms with Crippen LogP contribution in [0, 0.1) is 0 Å². The number of hydrogen-bond acceptors (Lipinski definition) is 2. The van der Waals surface area contributed by atoms with Crippen molar-refractivity contribution in [1.29, 1.82) is 0 Å². The van der Waals surface area contributed by atoms with Crippen molar-refractivity contribution in [3.05, 3.63) is 28.8 Å². The first-order chi connectivity index (χ1) is 9.38. The Morgan fingerprint density at radius 3 is 2.25 bits per heavy atom. The van der Waals surface area contributed by atoms with Crippen LogP contribution < -0.4 is 10.5 Å². The molecule has 0 amide bonds. The largest absolute Gasteiger partial charge is 0.496 e. The molecule has 0 atom stereocenters. The fraction of sp³-hybridized carbons (Fsp3) is 0.667. The van der Waals surface area contributed by atoms with Crippen LogP contribution in [0.2, 0.25) is 0 Å². The van der Waals surface area contributed by atoms with Crippen molar-refractivity contribution in [3.63, 3.8) is 0 Å². The van der Waals surface area contributed by atoms with Gasteiger partial charge in [0.05, 0.1) is 7.11 Å². The summed E-state index contributed by atoms with van der Waals surface area (Å²) in [5.74, 6) is 1.07. The van der Waals surface area contributed by atoms with Crippen LogP contribution in [0.4, 0.5) is 0 Å². The minimum atomic E-state index is 0.0881. The second-order valence-corrected chi connectivity index (χ2v) is 7.17. The Morgan fingerprint density at radius 1 is 1.25 bits per heavy atom. The van der Waals surface area contributed by atoms with Crippen molar-refractivity contribution in [3.8, 4) is 5.75 Å². The lowest BCUT2D eigenvalue weighted by atomic mass is 9.63. The molecule has 0 aliphatic heterocycles. The fourth-order valence-electron chi connectivity index (χ4n) is 3.25. The summed E-state index contributed by atoms with van der Waals surface area (Å²) in [5.41, 5.74) is 10.4. The van der Waals surface area contributed by atoms with Gasteiger partial charge < -0.3 is 10.5 Å². The highest BCUT2D eigenvalue weighted by Crippen LogP contribution is 2.49. The Balaban J connectivity index is 2.66. The van der Waals surface area contributed by atoms with E-state index in [1.807, 2.05) is 0 Å². The molecule has 2 N–H and O–H groups in total. The summed E-state index contributed by atoms with van der Waals surface area (Å²) >= 11 is 0. The smallest absolute Gasteiger partial charge is 0.126 e. The van der Waals surface area contributed by atoms with Gasteiger partial charge in [-0.25, -0.2) is 0 Å². The molecule has 2 rings (SSSR count). The van der Waals surface area contributed by atoms with Gasteiger partial charge in [0.25, 0.3) is 0 Å². The summed E-state index contributed by atoms with van der Waals surface area (Å²) in [6, 6.07) is 4.64. The number of aryl methyl sites for hydroxylation is 1. The van der Waals surface area contributed by atoms with Crippen LogP contribution >= 0.6 is 0 Å². The maximum Gasteiger partial charge on any atom is 0.126 e. The predicted octanol–water partition coefficient (Wildman–Crippen LogP) is 3.94. The lowest BCUT2D eigenvalue weighted by Gasteiger charge is -2.43. The molecule has 0 saturated heterocycles. The van der Waals surface area contributed by atoms with E-state index in [9.17, 15) is 0 Å². The second-order valence-electron chi connectivity index (χ2n) is 7.17. The SMILES string of the molecule is CCc1cc(C(C)(C)C)c(OC)c(C2(CN)CCC2)c1. The molecule has 0 aromatic heterocycles. The highest BCUT2D eigenvalue weighted by molar-refractivity contribution is 5.52. The molecular weight excluding hydrogens is 246 g/mol. The monoisotopic (exact) mass is 275 g/mol. The van der Waals surface area contributed by atoms with Gasteiger partial charge in [-0.3, -0.25) is 0 Å². The zero-order valence-corrected chi connectivity index (χ0v) is 13.7. The summed E-state index contributed by atoms with van der Waals surface area (Å²) in [6.07, 6.45) is 4.72. The Labute approximate surface area is 123 Å². The number of hydrogen-bond donors (Lipinski definition) is 1. The summed E-state index contributed by atoms with van der Waals surface area (Å²) < 4.78 is 5.83. The van der Waals surface area contributed by atoms with Crippen molar-refractivity contribution in [2.75, 3.05) is 13.7 Å². The third kappa shape index (κ3) is 2.46. The Kier molecular flexibility index (Phi) is 4.15. The van der Waals surface area contributed by atoms with E-state index < -0.39 is 0 Å². The highest BCUT2D eigenvalue weighted by Gasteiger charge is 2.41. The highest BCUT2D eigenvalue weighted by atomic mass is 16.5. The quantitative estimate of drug-likeness (QED) is 0.903. The van der Waals surface area contributed by atoms with Crippen LogP contribution in [0.25, 0.3) is 0 Å². The van der Waals surface area contributed by atoms with Crippen molar-refractivity contribution in [2.24, 2.45) is 5.73 Å². The number of rotatable bonds is 4. The van der Waals surface area contributed by atoms with Gasteiger partial charge in [-0.15, -0.1) is 0 Å². The first-order valence-electron chi connectivity index (χ1n) is 7.80. The zero-order valence-electron chi connectivity index (χ0n) is 13.7. The molecule has 1 aromatic carbocycles. The van der Waals surface area contributed by atoms with Gasteiger partial charge >= 0.3 is 0 Å². The van der Waals surface area contributed by atoms with Gasteiger partial charge in [0.2, 0.25) is 0 Å². The number of methoxy groups -OCH3 is 1. The topological polar surface area (TPSA) is 35.2 Å². The molecule has 2 nitrogen and oxygen atoms in total. The van der Waals surface area contributed by atoms with Gasteiger partial charge in [0.15, 0.2) is 0 Å². The Hall–Kier alpha value is -1.02. The van der Waals surface area contributed by atoms with Crippen LogP contribution in [-0.4, -0.2) is 13.7 Å². The summed E-state index contributed by atoms with van der Waals surface area (Å²) in [4.78, 5) is 0. The lowest BCUT2D eigenvalue weighted by Crippen LogP contribution is -2.42. The molecule has 112 valence electrons. The van der Waals surface area contributed by atoms with E-state index in [1.54, 1.807) is 7.11 Å². The molecule has 1 aliphatic carbocycles. The predicted molar refractivity (Wildman–Crippen MR) is 85.7 cm³/mol. The van der Waals surface area contributed by atoms with Crippen LogP contribution in [-0.2, 0) is 17.3 Å². The van der Waals surface area contributed by atoms with E-state index in [0.29, 0.717) is 0 Å². The van der Waals surface area contributed by atoms with Crippen LogP contribution in [0.3, 0.4) is 0 Å². The molecule has 20 heavy (non-hydrogen) atoms. The number of nitrogens with two attached hydrogens (primary N) is 1. The van der Waals surface area contributed by atoms with Gasteiger partial charge in [0, 0.05) is 23.1 Å². The summed E-state index contributed by atoms with van der Waals surface area (Å²) in [7, 11) is 1.79. The molecule has 0 unspecified atom stereocenters. The second kappa shape index (κ2) is 5.40. The zero-order chi connectivity index (χ0) is 15.0. The van der Waals surface area contributed by atoms with Crippen LogP contribution in [0.15, 0.2) is 12.1 Å². The van der Waals surface area contributed by atoms with Gasteiger partial charge in [-0.1, -0.05) is 46.2 Å². The molecule has 1 aromatic rings. The minimum absolute atomic E-state index is 0.0881. The maximum atomic E-state index is 6.12. The average molecular weight is 275 g/mol. The molecule has 0 heterocycles. The maximum absolute atomic E-state index is 6.12. The van der Waals surface area contributed by atoms with E-state index in [-0.39, 0.29) is 10.8 Å². The van der Waals surface area contributed by atoms with Crippen molar-refractivity contribution in [2.45, 2.75) is 64.2 Å². The van der Waals surface area contributed by atoms with Crippen LogP contribution in [0.5, 0.6) is 5.75 Å². The standard InChI is InChI=1S/C18H29NO/c1-6-13-10-14(17(2,3)4)16(20-5)15(11-13)18(12-19)8-7-9-18/h10-11H,6-9,12,19H2,1-5H3. The first kappa shape index (κ1) is 15.4. The Bertz CT molecular complexity index is 475. The minimum Gasteiger partial charge on any atom is -0.496 e. The fourth-order valence-corrected chi connectivity index (χ4v) is 3.25. The van der Waals surface area contributed by atoms with Gasteiger partial charge in [-0.05, 0) is 30.2 Å². The van der Waals surface area contributed by atoms with E-state index in [1.165, 1.54) is 36.0 Å². The molecule has 1 saturated carbocycles. The average Bonchev–Trinajstić information content (AvgIpc) is 2.36. The lowest BCUT2D eigenvalue weighted by molar-refractivity contribution is 0.242. The number of ether oxygens (including phenoxy) is 1. The Morgan fingerprint density at radius 2 is 1.90 bits per heavy atom. The third-order valence-corrected chi connectivity index (χ3v) is 4.84. The normalized spacial score (nSPS) is 17.7. The van der Waals surface area contributed by atoms with Gasteiger partial charge in [0.1, 0.15) is 5.75 Å². The van der Waals surface area contributed by atoms with Crippen LogP contribution in [0.1, 0.15) is 63.6 Å². The molecule has 0 bridgehead atoms. The van der Waals surface area contributed by atoms with Crippen molar-refractivity contribution < 1.29 is 4.74 Å². The first-order valence-corrected chi connectivity index (χ1v) is 7.80. The van der Waals surface area contributed by atoms with Crippen molar-refractivity contribution in [1.82, 2.24) is 0 Å². The van der Waals surface area contributed by atoms with E-state index in [2.05, 4.69) is 39.8 Å². The van der Waals surface area contributed by atoms with Gasteiger partial charge in [-0.2, -0.15) is 0 Å². The third-order valence-electron chi connectivity index (χ3n) is 4.84. The summed E-state index contributed by atoms with van der Waals surface area (Å²) in [5, 5.41) is 0. The summed E-state index contributed by atoms with van der Waals surface area (Å²) in [6.45, 7) is 9.70. The molecule has 1 fully saturated rings. The van der Waals surface area contributed by atoms with E-state index >= 15 is 0 Å². The van der Waals surface area contributed by atoms with E-state index in [4.69, 9.17) is 10.5 Å². The number of benzene rings is 1. The van der Waals surface area contributed by atoms with E-state index in [0.717, 1.165) is 18.7 Å². The van der Waals surface area contributed by atoms with Crippen molar-refractivity contribution >= 4 is 0 Å². The molecule has 2 heteroatoms. The molecular formula is C18H29NO. The molecule has 1 aliphatic rings. The molecule has 0 spiro atoms. The molecule has 0 radical (unpaired) electrons.